The Kier molecular flexibility index (Phi) is 20.0. The Morgan fingerprint density at radius 1 is 0.426 bits per heavy atom. The molecule has 2 unspecified atom stereocenters. The number of halogens is 26. The summed E-state index contributed by atoms with van der Waals surface area (Å²) in [6.45, 7) is 6.00. The molecular weight excluding hydrogens is 962 g/mol. The fraction of sp³-hybridized carbons (Fsp3) is 0.905. The van der Waals surface area contributed by atoms with Gasteiger partial charge in [-0.15, -0.1) is 13.2 Å². The maximum atomic E-state index is 13.4. The van der Waals surface area contributed by atoms with Crippen LogP contribution in [-0.2, 0) is 0 Å². The van der Waals surface area contributed by atoms with Crippen LogP contribution in [0.15, 0.2) is 13.2 Å². The molecule has 288 valence electrons. The first kappa shape index (κ1) is 53.3. The molecule has 0 N–H and O–H groups in total. The molecule has 0 saturated carbocycles. The lowest BCUT2D eigenvalue weighted by Crippen LogP contribution is -2.55. The van der Waals surface area contributed by atoms with Gasteiger partial charge in [0, 0.05) is 36.5 Å². The fourth-order valence-corrected chi connectivity index (χ4v) is 4.27. The molecule has 0 aromatic carbocycles. The Morgan fingerprint density at radius 2 is 0.660 bits per heavy atom. The Hall–Kier alpha value is -0.480. The lowest BCUT2D eigenvalue weighted by Gasteiger charge is -2.34. The standard InChI is InChI=1S/C10H9F12I.C8H5F12I.C2H4.CH4/c11-6(12,1-2-23)3-5(8(14,15)16)4-7(13,9(17,18)19)10(20,21)22;9-4(7(15,16)17,8(18,19)20)1-3(6(12,13)14)2-5(10,11)21;1-2;/h5H,1-4H2;3H,1-2H2;1-2H2;1H4. The van der Waals surface area contributed by atoms with E-state index in [0.29, 0.717) is 0 Å². The van der Waals surface area contributed by atoms with E-state index in [9.17, 15) is 105 Å². The summed E-state index contributed by atoms with van der Waals surface area (Å²) in [7, 11) is 0. The van der Waals surface area contributed by atoms with Crippen molar-refractivity contribution in [3.05, 3.63) is 13.2 Å². The van der Waals surface area contributed by atoms with Crippen molar-refractivity contribution in [2.24, 2.45) is 11.8 Å². The third-order valence-corrected chi connectivity index (χ3v) is 6.24. The maximum absolute atomic E-state index is 13.4. The van der Waals surface area contributed by atoms with Gasteiger partial charge < -0.3 is 0 Å². The highest BCUT2D eigenvalue weighted by atomic mass is 127. The van der Waals surface area contributed by atoms with Crippen LogP contribution in [0.25, 0.3) is 0 Å². The van der Waals surface area contributed by atoms with Crippen LogP contribution in [0.4, 0.5) is 105 Å². The van der Waals surface area contributed by atoms with Crippen LogP contribution in [0.1, 0.15) is 39.5 Å². The second-order valence-electron chi connectivity index (χ2n) is 8.80. The van der Waals surface area contributed by atoms with Gasteiger partial charge in [0.2, 0.25) is 5.92 Å². The minimum Gasteiger partial charge on any atom is -0.224 e. The molecule has 0 heterocycles. The second kappa shape index (κ2) is 17.6. The summed E-state index contributed by atoms with van der Waals surface area (Å²) in [6, 6.07) is 0. The van der Waals surface area contributed by atoms with Crippen LogP contribution in [0.5, 0.6) is 0 Å². The van der Waals surface area contributed by atoms with Gasteiger partial charge in [0.05, 0.1) is 11.8 Å². The lowest BCUT2D eigenvalue weighted by molar-refractivity contribution is -0.354. The molecule has 0 amide bonds. The van der Waals surface area contributed by atoms with E-state index in [1.165, 1.54) is 22.6 Å². The normalized spacial score (nSPS) is 15.8. The Labute approximate surface area is 277 Å². The first-order chi connectivity index (χ1) is 19.7. The van der Waals surface area contributed by atoms with E-state index in [-0.39, 0.29) is 30.0 Å². The highest BCUT2D eigenvalue weighted by Crippen LogP contribution is 2.55. The molecule has 0 radical (unpaired) electrons. The smallest absolute Gasteiger partial charge is 0.224 e. The van der Waals surface area contributed by atoms with Crippen LogP contribution in [0.3, 0.4) is 0 Å². The van der Waals surface area contributed by atoms with Crippen LogP contribution >= 0.6 is 45.2 Å². The van der Waals surface area contributed by atoms with Crippen LogP contribution in [0, 0.1) is 11.8 Å². The molecule has 0 aromatic rings. The zero-order valence-corrected chi connectivity index (χ0v) is 26.0. The SMILES string of the molecule is C.C=C.FC(F)(CCI)CC(CC(F)(C(F)(F)F)C(F)(F)F)C(F)(F)F.FC(F)(I)CC(CC(F)(C(F)(F)F)C(F)(F)F)C(F)(F)F. The van der Waals surface area contributed by atoms with Gasteiger partial charge in [-0.25, -0.2) is 17.6 Å². The molecule has 26 heteroatoms. The van der Waals surface area contributed by atoms with E-state index in [1.54, 1.807) is 0 Å². The highest BCUT2D eigenvalue weighted by molar-refractivity contribution is 14.1. The second-order valence-corrected chi connectivity index (χ2v) is 11.5. The fourth-order valence-electron chi connectivity index (χ4n) is 2.95. The summed E-state index contributed by atoms with van der Waals surface area (Å²) in [4.78, 5) is 0. The molecule has 0 bridgehead atoms. The molecule has 0 fully saturated rings. The molecule has 2 atom stereocenters. The topological polar surface area (TPSA) is 0 Å². The van der Waals surface area contributed by atoms with Gasteiger partial charge in [0.25, 0.3) is 15.3 Å². The summed E-state index contributed by atoms with van der Waals surface area (Å²) in [5.74, 6) is -11.8. The van der Waals surface area contributed by atoms with Gasteiger partial charge in [-0.05, 0) is 22.6 Å². The molecule has 0 spiro atoms. The van der Waals surface area contributed by atoms with Crippen molar-refractivity contribution < 1.29 is 105 Å². The Morgan fingerprint density at radius 3 is 0.830 bits per heavy atom. The largest absolute Gasteiger partial charge is 0.431 e. The van der Waals surface area contributed by atoms with E-state index >= 15 is 0 Å². The van der Waals surface area contributed by atoms with Gasteiger partial charge in [0.15, 0.2) is 0 Å². The van der Waals surface area contributed by atoms with E-state index in [1.807, 2.05) is 0 Å². The molecule has 0 aliphatic rings. The van der Waals surface area contributed by atoms with Gasteiger partial charge in [-0.3, -0.25) is 0 Å². The quantitative estimate of drug-likeness (QED) is 0.0886. The summed E-state index contributed by atoms with van der Waals surface area (Å²) in [6.07, 6.45) is -51.0. The van der Waals surface area contributed by atoms with Crippen molar-refractivity contribution in [2.45, 2.75) is 97.8 Å². The molecule has 0 rings (SSSR count). The van der Waals surface area contributed by atoms with Crippen molar-refractivity contribution in [2.75, 3.05) is 4.43 Å². The maximum Gasteiger partial charge on any atom is 0.431 e. The first-order valence-electron chi connectivity index (χ1n) is 11.0. The summed E-state index contributed by atoms with van der Waals surface area (Å²) in [5.41, 5.74) is -12.5. The minimum atomic E-state index is -6.73. The number of rotatable bonds is 10. The molecule has 0 aliphatic carbocycles. The summed E-state index contributed by atoms with van der Waals surface area (Å²) in [5, 5.41) is 0. The first-order valence-corrected chi connectivity index (χ1v) is 13.6. The predicted molar refractivity (Wildman–Crippen MR) is 135 cm³/mol. The Balaban J connectivity index is -0.000000367. The number of hydrogen-bond acceptors (Lipinski definition) is 0. The van der Waals surface area contributed by atoms with Crippen molar-refractivity contribution in [1.29, 1.82) is 0 Å². The summed E-state index contributed by atoms with van der Waals surface area (Å²) < 4.78 is 294. The zero-order valence-electron chi connectivity index (χ0n) is 21.6. The van der Waals surface area contributed by atoms with E-state index in [0.717, 1.165) is 0 Å². The predicted octanol–water partition coefficient (Wildman–Crippen LogP) is 13.5. The van der Waals surface area contributed by atoms with Crippen molar-refractivity contribution >= 4 is 45.2 Å². The third-order valence-electron chi connectivity index (χ3n) is 5.26. The van der Waals surface area contributed by atoms with Crippen LogP contribution in [0.2, 0.25) is 0 Å². The number of hydrogen-bond donors (Lipinski definition) is 0. The minimum absolute atomic E-state index is 0. The summed E-state index contributed by atoms with van der Waals surface area (Å²) >= 11 is 1.45. The molecular formula is C21H22F24I2. The molecule has 0 nitrogen and oxygen atoms in total. The molecule has 0 aliphatic heterocycles. The van der Waals surface area contributed by atoms with E-state index in [4.69, 9.17) is 0 Å². The van der Waals surface area contributed by atoms with Crippen LogP contribution < -0.4 is 0 Å². The van der Waals surface area contributed by atoms with E-state index in [2.05, 4.69) is 13.2 Å². The molecule has 0 saturated heterocycles. The van der Waals surface area contributed by atoms with E-state index < -0.39 is 107 Å². The zero-order chi connectivity index (χ0) is 38.4. The highest BCUT2D eigenvalue weighted by Gasteiger charge is 2.75. The van der Waals surface area contributed by atoms with Gasteiger partial charge >= 0.3 is 37.1 Å². The van der Waals surface area contributed by atoms with Crippen molar-refractivity contribution in [3.63, 3.8) is 0 Å². The van der Waals surface area contributed by atoms with Gasteiger partial charge in [-0.2, -0.15) is 87.8 Å². The molecule has 47 heavy (non-hydrogen) atoms. The van der Waals surface area contributed by atoms with Crippen molar-refractivity contribution in [3.8, 4) is 0 Å². The molecule has 0 aromatic heterocycles. The Bertz CT molecular complexity index is 858. The van der Waals surface area contributed by atoms with Gasteiger partial charge in [0.1, 0.15) is 0 Å². The van der Waals surface area contributed by atoms with Gasteiger partial charge in [-0.1, -0.05) is 30.0 Å². The average Bonchev–Trinajstić information content (AvgIpc) is 2.74. The third kappa shape index (κ3) is 16.9. The van der Waals surface area contributed by atoms with Crippen molar-refractivity contribution in [1.82, 2.24) is 0 Å². The monoisotopic (exact) mass is 984 g/mol. The van der Waals surface area contributed by atoms with Crippen LogP contribution in [-0.4, -0.2) is 62.7 Å². The number of alkyl halides is 26. The lowest BCUT2D eigenvalue weighted by atomic mass is 9.86. The average molecular weight is 984 g/mol.